The second-order valence-electron chi connectivity index (χ2n) is 4.71. The first-order valence-corrected chi connectivity index (χ1v) is 8.08. The van der Waals surface area contributed by atoms with Crippen molar-refractivity contribution < 1.29 is 9.53 Å². The Morgan fingerprint density at radius 2 is 2.00 bits per heavy atom. The Morgan fingerprint density at radius 1 is 1.23 bits per heavy atom. The number of carbonyl (C=O) groups excluding carboxylic acids is 1. The van der Waals surface area contributed by atoms with Crippen LogP contribution in [-0.4, -0.2) is 12.5 Å². The summed E-state index contributed by atoms with van der Waals surface area (Å²) in [6, 6.07) is 13.0. The van der Waals surface area contributed by atoms with Gasteiger partial charge in [0.25, 0.3) is 5.91 Å². The van der Waals surface area contributed by atoms with Crippen LogP contribution in [-0.2, 0) is 4.79 Å². The van der Waals surface area contributed by atoms with Crippen LogP contribution in [0, 0.1) is 0 Å². The average molecular weight is 332 g/mol. The maximum atomic E-state index is 12.2. The Morgan fingerprint density at radius 3 is 2.73 bits per heavy atom. The van der Waals surface area contributed by atoms with E-state index >= 15 is 0 Å². The minimum absolute atomic E-state index is 0.100. The molecule has 0 radical (unpaired) electrons. The molecule has 0 bridgehead atoms. The molecule has 22 heavy (non-hydrogen) atoms. The number of hydrogen-bond donors (Lipinski definition) is 1. The van der Waals surface area contributed by atoms with Crippen LogP contribution < -0.4 is 10.1 Å². The predicted molar refractivity (Wildman–Crippen MR) is 91.5 cm³/mol. The molecular formula is C17H14ClNO2S. The molecule has 0 unspecified atom stereocenters. The molecule has 0 atom stereocenters. The van der Waals surface area contributed by atoms with Gasteiger partial charge in [0, 0.05) is 9.92 Å². The molecular weight excluding hydrogens is 318 g/mol. The highest BCUT2D eigenvalue weighted by atomic mass is 35.5. The fourth-order valence-electron chi connectivity index (χ4n) is 2.10. The van der Waals surface area contributed by atoms with Crippen LogP contribution in [0.4, 0.5) is 5.69 Å². The lowest BCUT2D eigenvalue weighted by atomic mass is 10.2. The first-order chi connectivity index (χ1) is 10.7. The van der Waals surface area contributed by atoms with Crippen molar-refractivity contribution in [1.82, 2.24) is 0 Å². The Hall–Kier alpha value is -1.91. The van der Waals surface area contributed by atoms with Gasteiger partial charge in [-0.25, -0.2) is 0 Å². The zero-order chi connectivity index (χ0) is 15.5. The lowest BCUT2D eigenvalue weighted by molar-refractivity contribution is -0.112. The molecule has 3 nitrogen and oxygen atoms in total. The maximum absolute atomic E-state index is 12.2. The van der Waals surface area contributed by atoms with Gasteiger partial charge in [0.05, 0.1) is 17.2 Å². The molecule has 1 aliphatic heterocycles. The highest BCUT2D eigenvalue weighted by molar-refractivity contribution is 8.04. The molecule has 0 saturated heterocycles. The van der Waals surface area contributed by atoms with E-state index < -0.39 is 0 Å². The molecule has 1 heterocycles. The molecule has 1 N–H and O–H groups in total. The van der Waals surface area contributed by atoms with Gasteiger partial charge in [0.15, 0.2) is 0 Å². The van der Waals surface area contributed by atoms with Crippen LogP contribution in [0.5, 0.6) is 5.75 Å². The number of amides is 1. The normalized spacial score (nSPS) is 15.4. The number of fused-ring (bicyclic) bond motifs is 1. The number of halogens is 1. The minimum Gasteiger partial charge on any atom is -0.494 e. The molecule has 1 amide bonds. The number of benzene rings is 2. The summed E-state index contributed by atoms with van der Waals surface area (Å²) in [5, 5.41) is 3.58. The minimum atomic E-state index is -0.100. The quantitative estimate of drug-likeness (QED) is 0.819. The lowest BCUT2D eigenvalue weighted by Gasteiger charge is -2.19. The van der Waals surface area contributed by atoms with E-state index in [0.29, 0.717) is 16.5 Å². The Labute approximate surface area is 138 Å². The third-order valence-corrected chi connectivity index (χ3v) is 4.46. The Bertz CT molecular complexity index is 741. The standard InChI is InChI=1S/C17H14ClNO2S/c1-2-21-13-7-8-14-15(10-13)22-16(17(20)19-14)9-11-3-5-12(18)6-4-11/h3-10H,2H2,1H3,(H,19,20)/b16-9+. The first-order valence-electron chi connectivity index (χ1n) is 6.89. The number of hydrogen-bond acceptors (Lipinski definition) is 3. The lowest BCUT2D eigenvalue weighted by Crippen LogP contribution is -2.17. The van der Waals surface area contributed by atoms with Gasteiger partial charge in [0.1, 0.15) is 5.75 Å². The van der Waals surface area contributed by atoms with Crippen molar-refractivity contribution in [1.29, 1.82) is 0 Å². The van der Waals surface area contributed by atoms with E-state index in [-0.39, 0.29) is 5.91 Å². The fraction of sp³-hybridized carbons (Fsp3) is 0.118. The number of rotatable bonds is 3. The third-order valence-electron chi connectivity index (χ3n) is 3.12. The topological polar surface area (TPSA) is 38.3 Å². The van der Waals surface area contributed by atoms with Crippen molar-refractivity contribution in [3.05, 3.63) is 58.0 Å². The SMILES string of the molecule is CCOc1ccc2c(c1)S/C(=C/c1ccc(Cl)cc1)C(=O)N2. The summed E-state index contributed by atoms with van der Waals surface area (Å²) in [4.78, 5) is 13.8. The fourth-order valence-corrected chi connectivity index (χ4v) is 3.21. The van der Waals surface area contributed by atoms with Gasteiger partial charge >= 0.3 is 0 Å². The van der Waals surface area contributed by atoms with Crippen LogP contribution in [0.3, 0.4) is 0 Å². The second kappa shape index (κ2) is 6.46. The van der Waals surface area contributed by atoms with Crippen LogP contribution in [0.15, 0.2) is 52.3 Å². The molecule has 0 saturated carbocycles. The zero-order valence-electron chi connectivity index (χ0n) is 11.9. The average Bonchev–Trinajstić information content (AvgIpc) is 2.51. The van der Waals surface area contributed by atoms with Crippen molar-refractivity contribution in [3.63, 3.8) is 0 Å². The monoisotopic (exact) mass is 331 g/mol. The number of nitrogens with one attached hydrogen (secondary N) is 1. The molecule has 112 valence electrons. The highest BCUT2D eigenvalue weighted by Crippen LogP contribution is 2.40. The van der Waals surface area contributed by atoms with E-state index in [1.807, 2.05) is 43.3 Å². The van der Waals surface area contributed by atoms with Crippen molar-refractivity contribution in [2.75, 3.05) is 11.9 Å². The van der Waals surface area contributed by atoms with Crippen LogP contribution >= 0.6 is 23.4 Å². The second-order valence-corrected chi connectivity index (χ2v) is 6.23. The largest absolute Gasteiger partial charge is 0.494 e. The van der Waals surface area contributed by atoms with Gasteiger partial charge in [-0.2, -0.15) is 0 Å². The smallest absolute Gasteiger partial charge is 0.262 e. The summed E-state index contributed by atoms with van der Waals surface area (Å²) >= 11 is 7.32. The molecule has 5 heteroatoms. The number of carbonyl (C=O) groups is 1. The van der Waals surface area contributed by atoms with Gasteiger partial charge in [-0.3, -0.25) is 4.79 Å². The van der Waals surface area contributed by atoms with Crippen molar-refractivity contribution in [2.45, 2.75) is 11.8 Å². The molecule has 3 rings (SSSR count). The van der Waals surface area contributed by atoms with Crippen LogP contribution in [0.1, 0.15) is 12.5 Å². The van der Waals surface area contributed by atoms with Gasteiger partial charge in [-0.05, 0) is 48.9 Å². The maximum Gasteiger partial charge on any atom is 0.262 e. The summed E-state index contributed by atoms with van der Waals surface area (Å²) in [6.07, 6.45) is 1.85. The van der Waals surface area contributed by atoms with E-state index in [0.717, 1.165) is 21.9 Å². The molecule has 2 aromatic carbocycles. The van der Waals surface area contributed by atoms with Crippen LogP contribution in [0.2, 0.25) is 5.02 Å². The third kappa shape index (κ3) is 3.29. The molecule has 0 aromatic heterocycles. The molecule has 0 fully saturated rings. The summed E-state index contributed by atoms with van der Waals surface area (Å²) in [5.41, 5.74) is 1.75. The van der Waals surface area contributed by atoms with Crippen molar-refractivity contribution in [2.24, 2.45) is 0 Å². The van der Waals surface area contributed by atoms with E-state index in [1.165, 1.54) is 11.8 Å². The van der Waals surface area contributed by atoms with Gasteiger partial charge in [-0.15, -0.1) is 0 Å². The number of thioether (sulfide) groups is 1. The summed E-state index contributed by atoms with van der Waals surface area (Å²) in [7, 11) is 0. The summed E-state index contributed by atoms with van der Waals surface area (Å²) in [6.45, 7) is 2.56. The van der Waals surface area contributed by atoms with E-state index in [1.54, 1.807) is 12.1 Å². The van der Waals surface area contributed by atoms with E-state index in [2.05, 4.69) is 5.32 Å². The first kappa shape index (κ1) is 15.0. The molecule has 1 aliphatic rings. The number of anilines is 1. The Kier molecular flexibility index (Phi) is 4.41. The molecule has 0 aliphatic carbocycles. The van der Waals surface area contributed by atoms with Crippen molar-refractivity contribution >= 4 is 41.0 Å². The molecule has 2 aromatic rings. The van der Waals surface area contributed by atoms with E-state index in [4.69, 9.17) is 16.3 Å². The molecule has 0 spiro atoms. The predicted octanol–water partition coefficient (Wildman–Crippen LogP) is 4.82. The summed E-state index contributed by atoms with van der Waals surface area (Å²) < 4.78 is 5.51. The van der Waals surface area contributed by atoms with E-state index in [9.17, 15) is 4.79 Å². The Balaban J connectivity index is 1.90. The van der Waals surface area contributed by atoms with Crippen molar-refractivity contribution in [3.8, 4) is 5.75 Å². The zero-order valence-corrected chi connectivity index (χ0v) is 13.5. The van der Waals surface area contributed by atoms with Gasteiger partial charge < -0.3 is 10.1 Å². The van der Waals surface area contributed by atoms with Gasteiger partial charge in [0.2, 0.25) is 0 Å². The van der Waals surface area contributed by atoms with Crippen LogP contribution in [0.25, 0.3) is 6.08 Å². The summed E-state index contributed by atoms with van der Waals surface area (Å²) in [5.74, 6) is 0.701. The number of ether oxygens (including phenoxy) is 1. The van der Waals surface area contributed by atoms with Gasteiger partial charge in [-0.1, -0.05) is 35.5 Å². The highest BCUT2D eigenvalue weighted by Gasteiger charge is 2.21.